The summed E-state index contributed by atoms with van der Waals surface area (Å²) in [7, 11) is -2.74. The van der Waals surface area contributed by atoms with Gasteiger partial charge in [-0.2, -0.15) is 8.42 Å². The average molecular weight is 339 g/mol. The first kappa shape index (κ1) is 17.1. The van der Waals surface area contributed by atoms with Gasteiger partial charge in [-0.25, -0.2) is 8.70 Å². The molecule has 6 nitrogen and oxygen atoms in total. The lowest BCUT2D eigenvalue weighted by molar-refractivity contribution is -0.119. The van der Waals surface area contributed by atoms with E-state index < -0.39 is 21.9 Å². The fourth-order valence-electron chi connectivity index (χ4n) is 1.92. The second-order valence-corrected chi connectivity index (χ2v) is 6.87. The molecule has 0 unspecified atom stereocenters. The summed E-state index contributed by atoms with van der Waals surface area (Å²) in [4.78, 5) is 12.3. The van der Waals surface area contributed by atoms with Gasteiger partial charge in [0.05, 0.1) is 5.71 Å². The Morgan fingerprint density at radius 1 is 1.35 bits per heavy atom. The lowest BCUT2D eigenvalue weighted by Gasteiger charge is -2.24. The number of benzene rings is 1. The maximum atomic E-state index is 13.0. The van der Waals surface area contributed by atoms with Gasteiger partial charge in [0.15, 0.2) is 0 Å². The molecule has 0 radical (unpaired) electrons. The fourth-order valence-corrected chi connectivity index (χ4v) is 2.83. The first-order valence-corrected chi connectivity index (χ1v) is 8.51. The Morgan fingerprint density at radius 3 is 2.52 bits per heavy atom. The van der Waals surface area contributed by atoms with Gasteiger partial charge in [0.2, 0.25) is 0 Å². The van der Waals surface area contributed by atoms with Gasteiger partial charge in [0, 0.05) is 18.7 Å². The zero-order valence-corrected chi connectivity index (χ0v) is 13.9. The zero-order chi connectivity index (χ0) is 17.2. The predicted molar refractivity (Wildman–Crippen MR) is 85.6 cm³/mol. The van der Waals surface area contributed by atoms with Crippen LogP contribution in [0, 0.1) is 5.82 Å². The maximum absolute atomic E-state index is 13.0. The molecular weight excluding hydrogens is 321 g/mol. The van der Waals surface area contributed by atoms with E-state index in [1.807, 2.05) is 13.8 Å². The third-order valence-electron chi connectivity index (χ3n) is 3.53. The molecule has 0 saturated carbocycles. The van der Waals surface area contributed by atoms with Crippen LogP contribution in [0.3, 0.4) is 0 Å². The molecule has 1 atom stereocenters. The number of halogens is 1. The van der Waals surface area contributed by atoms with Crippen molar-refractivity contribution in [2.45, 2.75) is 26.3 Å². The number of hydrogen-bond donors (Lipinski definition) is 1. The Morgan fingerprint density at radius 2 is 1.96 bits per heavy atom. The van der Waals surface area contributed by atoms with Gasteiger partial charge in [0.25, 0.3) is 5.91 Å². The van der Waals surface area contributed by atoms with Crippen molar-refractivity contribution in [1.29, 1.82) is 0 Å². The van der Waals surface area contributed by atoms with Crippen LogP contribution in [0.25, 0.3) is 0 Å². The largest absolute Gasteiger partial charge is 0.348 e. The second kappa shape index (κ2) is 6.49. The van der Waals surface area contributed by atoms with Gasteiger partial charge in [-0.1, -0.05) is 6.92 Å². The van der Waals surface area contributed by atoms with Crippen LogP contribution in [-0.2, 0) is 15.0 Å². The lowest BCUT2D eigenvalue weighted by Crippen LogP contribution is -2.41. The minimum atomic E-state index is -4.01. The SMILES string of the molecule is CC[C@H](C)NC(=O)C1=CC(c2ccc(F)cc2)=NS(=O)(=O)N1C. The molecule has 0 fully saturated rings. The molecule has 1 amide bonds. The summed E-state index contributed by atoms with van der Waals surface area (Å²) in [5.41, 5.74) is 0.481. The molecule has 0 aliphatic carbocycles. The van der Waals surface area contributed by atoms with Crippen molar-refractivity contribution in [2.75, 3.05) is 7.05 Å². The quantitative estimate of drug-likeness (QED) is 0.905. The van der Waals surface area contributed by atoms with E-state index in [9.17, 15) is 17.6 Å². The summed E-state index contributed by atoms with van der Waals surface area (Å²) >= 11 is 0. The van der Waals surface area contributed by atoms with Crippen LogP contribution in [0.2, 0.25) is 0 Å². The molecule has 0 saturated heterocycles. The topological polar surface area (TPSA) is 78.8 Å². The van der Waals surface area contributed by atoms with E-state index in [0.717, 1.165) is 4.31 Å². The molecular formula is C15H18FN3O3S. The highest BCUT2D eigenvalue weighted by Crippen LogP contribution is 2.20. The summed E-state index contributed by atoms with van der Waals surface area (Å²) in [5, 5.41) is 2.72. The van der Waals surface area contributed by atoms with Crippen LogP contribution in [-0.4, -0.2) is 37.4 Å². The molecule has 1 heterocycles. The Bertz CT molecular complexity index is 770. The molecule has 1 aliphatic heterocycles. The van der Waals surface area contributed by atoms with Crippen LogP contribution >= 0.6 is 0 Å². The van der Waals surface area contributed by atoms with Crippen LogP contribution in [0.1, 0.15) is 25.8 Å². The Balaban J connectivity index is 2.43. The van der Waals surface area contributed by atoms with Gasteiger partial charge in [0.1, 0.15) is 11.5 Å². The van der Waals surface area contributed by atoms with E-state index in [4.69, 9.17) is 0 Å². The van der Waals surface area contributed by atoms with Gasteiger partial charge in [-0.15, -0.1) is 4.40 Å². The minimum Gasteiger partial charge on any atom is -0.348 e. The molecule has 8 heteroatoms. The van der Waals surface area contributed by atoms with Gasteiger partial charge in [-0.05, 0) is 43.7 Å². The van der Waals surface area contributed by atoms with Crippen molar-refractivity contribution in [2.24, 2.45) is 4.40 Å². The van der Waals surface area contributed by atoms with Crippen LogP contribution in [0.15, 0.2) is 40.4 Å². The number of nitrogens with zero attached hydrogens (tertiary/aromatic N) is 2. The maximum Gasteiger partial charge on any atom is 0.345 e. The van der Waals surface area contributed by atoms with Crippen molar-refractivity contribution < 1.29 is 17.6 Å². The van der Waals surface area contributed by atoms with Gasteiger partial charge in [-0.3, -0.25) is 4.79 Å². The number of likely N-dealkylation sites (N-methyl/N-ethyl adjacent to an activating group) is 1. The van der Waals surface area contributed by atoms with E-state index in [0.29, 0.717) is 12.0 Å². The summed E-state index contributed by atoms with van der Waals surface area (Å²) in [6, 6.07) is 5.14. The molecule has 124 valence electrons. The van der Waals surface area contributed by atoms with Crippen LogP contribution in [0.4, 0.5) is 4.39 Å². The average Bonchev–Trinajstić information content (AvgIpc) is 2.50. The predicted octanol–water partition coefficient (Wildman–Crippen LogP) is 1.60. The summed E-state index contributed by atoms with van der Waals surface area (Å²) in [5.74, 6) is -0.941. The third-order valence-corrected chi connectivity index (χ3v) is 4.85. The molecule has 1 N–H and O–H groups in total. The Kier molecular flexibility index (Phi) is 4.84. The highest BCUT2D eigenvalue weighted by molar-refractivity contribution is 7.88. The van der Waals surface area contributed by atoms with Gasteiger partial charge >= 0.3 is 10.2 Å². The highest BCUT2D eigenvalue weighted by atomic mass is 32.2. The number of carbonyl (C=O) groups is 1. The van der Waals surface area contributed by atoms with Crippen molar-refractivity contribution in [1.82, 2.24) is 9.62 Å². The molecule has 1 aliphatic rings. The van der Waals surface area contributed by atoms with E-state index in [2.05, 4.69) is 9.71 Å². The van der Waals surface area contributed by atoms with E-state index in [1.165, 1.54) is 37.4 Å². The Labute approximate surface area is 134 Å². The monoisotopic (exact) mass is 339 g/mol. The first-order chi connectivity index (χ1) is 10.7. The minimum absolute atomic E-state index is 0.0281. The number of hydrogen-bond acceptors (Lipinski definition) is 3. The first-order valence-electron chi connectivity index (χ1n) is 7.12. The number of carbonyl (C=O) groups excluding carboxylic acids is 1. The number of rotatable bonds is 4. The number of nitrogens with one attached hydrogen (secondary N) is 1. The molecule has 1 aromatic rings. The summed E-state index contributed by atoms with van der Waals surface area (Å²) in [6.07, 6.45) is 2.10. The molecule has 0 aromatic heterocycles. The molecule has 2 rings (SSSR count). The van der Waals surface area contributed by atoms with E-state index >= 15 is 0 Å². The number of amides is 1. The van der Waals surface area contributed by atoms with Crippen molar-refractivity contribution in [3.05, 3.63) is 47.4 Å². The molecule has 0 bridgehead atoms. The second-order valence-electron chi connectivity index (χ2n) is 5.24. The van der Waals surface area contributed by atoms with Crippen LogP contribution < -0.4 is 5.32 Å². The standard InChI is InChI=1S/C15H18FN3O3S/c1-4-10(2)17-15(20)14-9-13(18-23(21,22)19(14)3)11-5-7-12(16)8-6-11/h5-10H,4H2,1-3H3,(H,17,20)/t10-/m0/s1. The summed E-state index contributed by atoms with van der Waals surface area (Å²) in [6.45, 7) is 3.73. The molecule has 0 spiro atoms. The zero-order valence-electron chi connectivity index (χ0n) is 13.1. The summed E-state index contributed by atoms with van der Waals surface area (Å²) < 4.78 is 41.8. The number of allylic oxidation sites excluding steroid dienone is 1. The van der Waals surface area contributed by atoms with Crippen molar-refractivity contribution in [3.63, 3.8) is 0 Å². The highest BCUT2D eigenvalue weighted by Gasteiger charge is 2.30. The molecule has 1 aromatic carbocycles. The fraction of sp³-hybridized carbons (Fsp3) is 0.333. The van der Waals surface area contributed by atoms with Crippen LogP contribution in [0.5, 0.6) is 0 Å². The van der Waals surface area contributed by atoms with E-state index in [-0.39, 0.29) is 17.5 Å². The smallest absolute Gasteiger partial charge is 0.345 e. The van der Waals surface area contributed by atoms with Gasteiger partial charge < -0.3 is 5.32 Å². The van der Waals surface area contributed by atoms with E-state index in [1.54, 1.807) is 0 Å². The van der Waals surface area contributed by atoms with Crippen molar-refractivity contribution in [3.8, 4) is 0 Å². The normalized spacial score (nSPS) is 18.0. The lowest BCUT2D eigenvalue weighted by atomic mass is 10.1. The van der Waals surface area contributed by atoms with Crippen molar-refractivity contribution >= 4 is 21.8 Å². The molecule has 23 heavy (non-hydrogen) atoms. The third kappa shape index (κ3) is 3.76. The Hall–Kier alpha value is -2.22.